The van der Waals surface area contributed by atoms with E-state index in [0.717, 1.165) is 0 Å². The standard InChI is InChI=1S/C26H36O4Si/c1-25(2,3)31(21-11-7-5-8-12-21,22-13-9-6-10-14-22)30-18-20-17-28-19-23(20)26(4)24(27)15-16-29-26/h5-14,20,23-24,27H,15-19H2,1-4H3/t20-,23+,24?,26?/m0/s1. The maximum atomic E-state index is 10.6. The molecule has 5 heteroatoms. The molecule has 4 nitrogen and oxygen atoms in total. The molecule has 168 valence electrons. The first-order valence-corrected chi connectivity index (χ1v) is 13.3. The van der Waals surface area contributed by atoms with Crippen LogP contribution < -0.4 is 10.4 Å². The van der Waals surface area contributed by atoms with E-state index >= 15 is 0 Å². The highest BCUT2D eigenvalue weighted by atomic mass is 28.4. The highest BCUT2D eigenvalue weighted by Crippen LogP contribution is 2.42. The third-order valence-corrected chi connectivity index (χ3v) is 12.3. The van der Waals surface area contributed by atoms with Crippen LogP contribution in [0, 0.1) is 11.8 Å². The van der Waals surface area contributed by atoms with E-state index in [4.69, 9.17) is 13.9 Å². The molecular weight excluding hydrogens is 404 g/mol. The zero-order chi connectivity index (χ0) is 22.1. The van der Waals surface area contributed by atoms with Crippen molar-refractivity contribution < 1.29 is 19.0 Å². The molecule has 0 aliphatic carbocycles. The maximum Gasteiger partial charge on any atom is 0.261 e. The van der Waals surface area contributed by atoms with Gasteiger partial charge < -0.3 is 19.0 Å². The highest BCUT2D eigenvalue weighted by molar-refractivity contribution is 6.99. The average molecular weight is 441 g/mol. The minimum Gasteiger partial charge on any atom is -0.407 e. The Morgan fingerprint density at radius 2 is 1.58 bits per heavy atom. The van der Waals surface area contributed by atoms with Gasteiger partial charge in [-0.1, -0.05) is 81.4 Å². The lowest BCUT2D eigenvalue weighted by atomic mass is 9.78. The molecular formula is C26H36O4Si. The third kappa shape index (κ3) is 4.03. The van der Waals surface area contributed by atoms with E-state index in [1.54, 1.807) is 0 Å². The van der Waals surface area contributed by atoms with Crippen molar-refractivity contribution in [2.75, 3.05) is 26.4 Å². The van der Waals surface area contributed by atoms with E-state index in [1.807, 2.05) is 6.92 Å². The molecule has 2 aromatic rings. The Kier molecular flexibility index (Phi) is 6.43. The van der Waals surface area contributed by atoms with Crippen molar-refractivity contribution in [1.29, 1.82) is 0 Å². The molecule has 0 spiro atoms. The van der Waals surface area contributed by atoms with E-state index in [0.29, 0.717) is 32.8 Å². The van der Waals surface area contributed by atoms with Gasteiger partial charge in [0.1, 0.15) is 0 Å². The second-order valence-corrected chi connectivity index (χ2v) is 14.5. The van der Waals surface area contributed by atoms with Crippen molar-refractivity contribution in [2.45, 2.75) is 50.9 Å². The summed E-state index contributed by atoms with van der Waals surface area (Å²) in [7, 11) is -2.59. The molecule has 0 amide bonds. The van der Waals surface area contributed by atoms with Gasteiger partial charge in [0.2, 0.25) is 0 Å². The fourth-order valence-corrected chi connectivity index (χ4v) is 10.1. The lowest BCUT2D eigenvalue weighted by Gasteiger charge is -2.44. The third-order valence-electron chi connectivity index (χ3n) is 7.33. The number of benzene rings is 2. The molecule has 31 heavy (non-hydrogen) atoms. The number of aliphatic hydroxyl groups is 1. The van der Waals surface area contributed by atoms with Crippen molar-refractivity contribution in [2.24, 2.45) is 11.8 Å². The second kappa shape index (κ2) is 8.79. The summed E-state index contributed by atoms with van der Waals surface area (Å²) in [5.41, 5.74) is -0.560. The van der Waals surface area contributed by atoms with Gasteiger partial charge in [0.25, 0.3) is 8.32 Å². The molecule has 1 N–H and O–H groups in total. The van der Waals surface area contributed by atoms with Crippen LogP contribution in [-0.2, 0) is 13.9 Å². The van der Waals surface area contributed by atoms with Crippen molar-refractivity contribution in [3.05, 3.63) is 60.7 Å². The van der Waals surface area contributed by atoms with Gasteiger partial charge in [-0.25, -0.2) is 0 Å². The summed E-state index contributed by atoms with van der Waals surface area (Å²) >= 11 is 0. The minimum absolute atomic E-state index is 0.0576. The van der Waals surface area contributed by atoms with E-state index in [9.17, 15) is 5.11 Å². The van der Waals surface area contributed by atoms with Crippen LogP contribution >= 0.6 is 0 Å². The van der Waals surface area contributed by atoms with Crippen LogP contribution in [0.4, 0.5) is 0 Å². The summed E-state index contributed by atoms with van der Waals surface area (Å²) in [5.74, 6) is 0.322. The molecule has 2 aromatic carbocycles. The second-order valence-electron chi connectivity index (χ2n) is 10.2. The van der Waals surface area contributed by atoms with Gasteiger partial charge in [0.15, 0.2) is 0 Å². The number of ether oxygens (including phenoxy) is 2. The Bertz CT molecular complexity index is 811. The Morgan fingerprint density at radius 1 is 1.00 bits per heavy atom. The van der Waals surface area contributed by atoms with Gasteiger partial charge in [-0.15, -0.1) is 0 Å². The molecule has 0 aromatic heterocycles. The van der Waals surface area contributed by atoms with E-state index in [1.165, 1.54) is 10.4 Å². The van der Waals surface area contributed by atoms with Crippen LogP contribution in [0.3, 0.4) is 0 Å². The van der Waals surface area contributed by atoms with Gasteiger partial charge in [-0.2, -0.15) is 0 Å². The fourth-order valence-electron chi connectivity index (χ4n) is 5.52. The van der Waals surface area contributed by atoms with Gasteiger partial charge in [-0.05, 0) is 28.8 Å². The van der Waals surface area contributed by atoms with Crippen LogP contribution in [0.2, 0.25) is 5.04 Å². The van der Waals surface area contributed by atoms with Crippen LogP contribution in [0.25, 0.3) is 0 Å². The topological polar surface area (TPSA) is 47.9 Å². The Labute approximate surface area is 187 Å². The normalized spacial score (nSPS) is 29.4. The van der Waals surface area contributed by atoms with Crippen molar-refractivity contribution in [3.8, 4) is 0 Å². The molecule has 2 aliphatic heterocycles. The Morgan fingerprint density at radius 3 is 2.06 bits per heavy atom. The molecule has 2 unspecified atom stereocenters. The van der Waals surface area contributed by atoms with Crippen LogP contribution in [0.5, 0.6) is 0 Å². The van der Waals surface area contributed by atoms with Gasteiger partial charge in [0, 0.05) is 18.4 Å². The van der Waals surface area contributed by atoms with Crippen LogP contribution in [-0.4, -0.2) is 51.6 Å². The monoisotopic (exact) mass is 440 g/mol. The summed E-state index contributed by atoms with van der Waals surface area (Å²) in [6.07, 6.45) is 0.240. The highest BCUT2D eigenvalue weighted by Gasteiger charge is 2.54. The molecule has 0 bridgehead atoms. The lowest BCUT2D eigenvalue weighted by Crippen LogP contribution is -2.67. The van der Waals surface area contributed by atoms with Crippen molar-refractivity contribution in [1.82, 2.24) is 0 Å². The average Bonchev–Trinajstić information content (AvgIpc) is 3.36. The predicted octanol–water partition coefficient (Wildman–Crippen LogP) is 3.37. The number of hydrogen-bond donors (Lipinski definition) is 1. The smallest absolute Gasteiger partial charge is 0.261 e. The quantitative estimate of drug-likeness (QED) is 0.700. The largest absolute Gasteiger partial charge is 0.407 e. The molecule has 2 saturated heterocycles. The lowest BCUT2D eigenvalue weighted by molar-refractivity contribution is -0.0976. The minimum atomic E-state index is -2.59. The van der Waals surface area contributed by atoms with Gasteiger partial charge in [-0.3, -0.25) is 0 Å². The Hall–Kier alpha value is -1.50. The van der Waals surface area contributed by atoms with Crippen molar-refractivity contribution >= 4 is 18.7 Å². The fraction of sp³-hybridized carbons (Fsp3) is 0.538. The molecule has 2 heterocycles. The van der Waals surface area contributed by atoms with E-state index < -0.39 is 20.0 Å². The molecule has 4 rings (SSSR count). The van der Waals surface area contributed by atoms with Gasteiger partial charge >= 0.3 is 0 Å². The number of rotatable bonds is 6. The van der Waals surface area contributed by atoms with Crippen LogP contribution in [0.15, 0.2) is 60.7 Å². The summed E-state index contributed by atoms with van der Waals surface area (Å²) in [6, 6.07) is 21.5. The van der Waals surface area contributed by atoms with Crippen LogP contribution in [0.1, 0.15) is 34.1 Å². The molecule has 4 atom stereocenters. The molecule has 2 aliphatic rings. The SMILES string of the molecule is CC1([C@@H]2COC[C@H]2CO[Si](c2ccccc2)(c2ccccc2)C(C)(C)C)OCCC1O. The van der Waals surface area contributed by atoms with E-state index in [-0.39, 0.29) is 16.9 Å². The Balaban J connectivity index is 1.69. The van der Waals surface area contributed by atoms with Crippen molar-refractivity contribution in [3.63, 3.8) is 0 Å². The first-order valence-electron chi connectivity index (χ1n) is 11.4. The number of hydrogen-bond acceptors (Lipinski definition) is 4. The molecule has 0 saturated carbocycles. The first kappa shape index (κ1) is 22.7. The van der Waals surface area contributed by atoms with E-state index in [2.05, 4.69) is 81.4 Å². The zero-order valence-corrected chi connectivity index (χ0v) is 20.2. The van der Waals surface area contributed by atoms with Gasteiger partial charge in [0.05, 0.1) is 31.5 Å². The summed E-state index contributed by atoms with van der Waals surface area (Å²) in [6.45, 7) is 11.4. The summed E-state index contributed by atoms with van der Waals surface area (Å²) in [4.78, 5) is 0. The number of aliphatic hydroxyl groups excluding tert-OH is 1. The molecule has 0 radical (unpaired) electrons. The molecule has 2 fully saturated rings. The summed E-state index contributed by atoms with van der Waals surface area (Å²) < 4.78 is 19.1. The maximum absolute atomic E-state index is 10.6. The predicted molar refractivity (Wildman–Crippen MR) is 126 cm³/mol. The first-order chi connectivity index (χ1) is 14.8. The summed E-state index contributed by atoms with van der Waals surface area (Å²) in [5, 5.41) is 13.1. The zero-order valence-electron chi connectivity index (χ0n) is 19.2.